The fourth-order valence-corrected chi connectivity index (χ4v) is 1.93. The third-order valence-electron chi connectivity index (χ3n) is 2.32. The molecular weight excluding hydrogens is 236 g/mol. The number of aromatic nitrogens is 1. The van der Waals surface area contributed by atoms with Crippen LogP contribution >= 0.6 is 11.3 Å². The molecule has 1 aromatic heterocycles. The average molecular weight is 250 g/mol. The van der Waals surface area contributed by atoms with Crippen LogP contribution in [0, 0.1) is 0 Å². The lowest BCUT2D eigenvalue weighted by Gasteiger charge is -2.10. The summed E-state index contributed by atoms with van der Waals surface area (Å²) in [4.78, 5) is 5.07. The quantitative estimate of drug-likeness (QED) is 0.883. The van der Waals surface area contributed by atoms with Crippen LogP contribution in [0.15, 0.2) is 29.9 Å². The first-order chi connectivity index (χ1) is 8.33. The Morgan fingerprint density at radius 2 is 2.24 bits per heavy atom. The van der Waals surface area contributed by atoms with E-state index in [1.807, 2.05) is 18.2 Å². The van der Waals surface area contributed by atoms with Gasteiger partial charge in [0.1, 0.15) is 6.61 Å². The van der Waals surface area contributed by atoms with E-state index in [2.05, 4.69) is 4.98 Å². The summed E-state index contributed by atoms with van der Waals surface area (Å²) in [6.07, 6.45) is 1.80. The number of methoxy groups -OCH3 is 1. The SMILES string of the molecule is COc1cc(CN)ccc1OCc1cncs1. The molecule has 0 atom stereocenters. The molecule has 2 aromatic rings. The van der Waals surface area contributed by atoms with Crippen molar-refractivity contribution >= 4 is 11.3 Å². The van der Waals surface area contributed by atoms with Crippen molar-refractivity contribution < 1.29 is 9.47 Å². The van der Waals surface area contributed by atoms with E-state index in [0.717, 1.165) is 16.2 Å². The Morgan fingerprint density at radius 3 is 2.88 bits per heavy atom. The fraction of sp³-hybridized carbons (Fsp3) is 0.250. The summed E-state index contributed by atoms with van der Waals surface area (Å²) in [7, 11) is 1.62. The summed E-state index contributed by atoms with van der Waals surface area (Å²) in [5.74, 6) is 1.43. The molecule has 0 amide bonds. The van der Waals surface area contributed by atoms with Gasteiger partial charge in [-0.05, 0) is 17.7 Å². The molecule has 0 saturated heterocycles. The van der Waals surface area contributed by atoms with Gasteiger partial charge >= 0.3 is 0 Å². The molecule has 5 heteroatoms. The molecule has 0 aliphatic heterocycles. The molecule has 4 nitrogen and oxygen atoms in total. The summed E-state index contributed by atoms with van der Waals surface area (Å²) in [6.45, 7) is 0.995. The van der Waals surface area contributed by atoms with E-state index < -0.39 is 0 Å². The van der Waals surface area contributed by atoms with Gasteiger partial charge in [0.25, 0.3) is 0 Å². The van der Waals surface area contributed by atoms with E-state index in [-0.39, 0.29) is 0 Å². The minimum atomic E-state index is 0.492. The Labute approximate surface area is 104 Å². The number of rotatable bonds is 5. The zero-order valence-electron chi connectivity index (χ0n) is 9.55. The van der Waals surface area contributed by atoms with Gasteiger partial charge in [0.15, 0.2) is 11.5 Å². The molecule has 90 valence electrons. The van der Waals surface area contributed by atoms with Crippen LogP contribution in [-0.2, 0) is 13.2 Å². The summed E-state index contributed by atoms with van der Waals surface area (Å²) in [5.41, 5.74) is 8.38. The number of thiazole rings is 1. The monoisotopic (exact) mass is 250 g/mol. The van der Waals surface area contributed by atoms with E-state index in [0.29, 0.717) is 18.9 Å². The summed E-state index contributed by atoms with van der Waals surface area (Å²) >= 11 is 1.57. The lowest BCUT2D eigenvalue weighted by atomic mass is 10.2. The van der Waals surface area contributed by atoms with Gasteiger partial charge < -0.3 is 15.2 Å². The fourth-order valence-electron chi connectivity index (χ4n) is 1.42. The smallest absolute Gasteiger partial charge is 0.161 e. The van der Waals surface area contributed by atoms with E-state index >= 15 is 0 Å². The second-order valence-corrected chi connectivity index (χ2v) is 4.42. The zero-order chi connectivity index (χ0) is 12.1. The standard InChI is InChI=1S/C12H14N2O2S/c1-15-12-4-9(5-13)2-3-11(12)16-7-10-6-14-8-17-10/h2-4,6,8H,5,7,13H2,1H3. The number of benzene rings is 1. The van der Waals surface area contributed by atoms with E-state index in [1.165, 1.54) is 0 Å². The van der Waals surface area contributed by atoms with Crippen molar-refractivity contribution in [3.63, 3.8) is 0 Å². The molecule has 0 fully saturated rings. The summed E-state index contributed by atoms with van der Waals surface area (Å²) in [5, 5.41) is 0. The van der Waals surface area contributed by atoms with Gasteiger partial charge in [-0.1, -0.05) is 6.07 Å². The highest BCUT2D eigenvalue weighted by Gasteiger charge is 2.06. The molecule has 1 aromatic carbocycles. The Hall–Kier alpha value is -1.59. The molecule has 2 N–H and O–H groups in total. The Morgan fingerprint density at radius 1 is 1.35 bits per heavy atom. The number of hydrogen-bond donors (Lipinski definition) is 1. The van der Waals surface area contributed by atoms with Crippen molar-refractivity contribution in [3.05, 3.63) is 40.3 Å². The molecule has 2 rings (SSSR count). The molecule has 0 radical (unpaired) electrons. The molecule has 17 heavy (non-hydrogen) atoms. The van der Waals surface area contributed by atoms with Crippen LogP contribution in [0.3, 0.4) is 0 Å². The number of ether oxygens (including phenoxy) is 2. The largest absolute Gasteiger partial charge is 0.493 e. The summed E-state index contributed by atoms with van der Waals surface area (Å²) < 4.78 is 10.9. The van der Waals surface area contributed by atoms with Crippen LogP contribution < -0.4 is 15.2 Å². The van der Waals surface area contributed by atoms with Crippen molar-refractivity contribution in [2.45, 2.75) is 13.2 Å². The molecule has 0 unspecified atom stereocenters. The van der Waals surface area contributed by atoms with E-state index in [9.17, 15) is 0 Å². The van der Waals surface area contributed by atoms with Gasteiger partial charge in [-0.25, -0.2) is 0 Å². The zero-order valence-corrected chi connectivity index (χ0v) is 10.4. The van der Waals surface area contributed by atoms with Gasteiger partial charge in [-0.3, -0.25) is 4.98 Å². The number of hydrogen-bond acceptors (Lipinski definition) is 5. The van der Waals surface area contributed by atoms with Crippen molar-refractivity contribution in [2.75, 3.05) is 7.11 Å². The molecule has 1 heterocycles. The predicted molar refractivity (Wildman–Crippen MR) is 67.3 cm³/mol. The third-order valence-corrected chi connectivity index (χ3v) is 3.07. The number of nitrogens with two attached hydrogens (primary N) is 1. The highest BCUT2D eigenvalue weighted by atomic mass is 32.1. The normalized spacial score (nSPS) is 10.2. The van der Waals surface area contributed by atoms with Crippen molar-refractivity contribution in [1.29, 1.82) is 0 Å². The van der Waals surface area contributed by atoms with Crippen LogP contribution in [0.4, 0.5) is 0 Å². The molecule has 0 bridgehead atoms. The Balaban J connectivity index is 2.09. The predicted octanol–water partition coefficient (Wildman–Crippen LogP) is 2.19. The first-order valence-electron chi connectivity index (χ1n) is 5.20. The van der Waals surface area contributed by atoms with E-state index in [1.54, 1.807) is 30.2 Å². The van der Waals surface area contributed by atoms with Crippen molar-refractivity contribution in [3.8, 4) is 11.5 Å². The van der Waals surface area contributed by atoms with Crippen LogP contribution in [0.2, 0.25) is 0 Å². The van der Waals surface area contributed by atoms with Crippen LogP contribution in [-0.4, -0.2) is 12.1 Å². The van der Waals surface area contributed by atoms with Crippen molar-refractivity contribution in [1.82, 2.24) is 4.98 Å². The second-order valence-electron chi connectivity index (χ2n) is 3.45. The minimum absolute atomic E-state index is 0.492. The third kappa shape index (κ3) is 2.95. The van der Waals surface area contributed by atoms with Crippen molar-refractivity contribution in [2.24, 2.45) is 5.73 Å². The molecular formula is C12H14N2O2S. The van der Waals surface area contributed by atoms with Crippen LogP contribution in [0.1, 0.15) is 10.4 Å². The second kappa shape index (κ2) is 5.65. The van der Waals surface area contributed by atoms with Gasteiger partial charge in [-0.2, -0.15) is 0 Å². The Bertz CT molecular complexity index is 471. The van der Waals surface area contributed by atoms with Crippen LogP contribution in [0.25, 0.3) is 0 Å². The highest BCUT2D eigenvalue weighted by molar-refractivity contribution is 7.09. The molecule has 0 saturated carbocycles. The highest BCUT2D eigenvalue weighted by Crippen LogP contribution is 2.28. The van der Waals surface area contributed by atoms with Gasteiger partial charge in [-0.15, -0.1) is 11.3 Å². The first kappa shape index (κ1) is 11.9. The lowest BCUT2D eigenvalue weighted by molar-refractivity contribution is 0.287. The maximum atomic E-state index is 5.68. The number of nitrogens with zero attached hydrogens (tertiary/aromatic N) is 1. The van der Waals surface area contributed by atoms with Gasteiger partial charge in [0.05, 0.1) is 17.5 Å². The van der Waals surface area contributed by atoms with Crippen LogP contribution in [0.5, 0.6) is 11.5 Å². The minimum Gasteiger partial charge on any atom is -0.493 e. The molecule has 0 aliphatic carbocycles. The average Bonchev–Trinajstić information content (AvgIpc) is 2.89. The first-order valence-corrected chi connectivity index (χ1v) is 6.08. The van der Waals surface area contributed by atoms with Gasteiger partial charge in [0.2, 0.25) is 0 Å². The maximum Gasteiger partial charge on any atom is 0.161 e. The topological polar surface area (TPSA) is 57.4 Å². The molecule has 0 spiro atoms. The van der Waals surface area contributed by atoms with Gasteiger partial charge in [0, 0.05) is 12.7 Å². The lowest BCUT2D eigenvalue weighted by Crippen LogP contribution is -2.00. The van der Waals surface area contributed by atoms with E-state index in [4.69, 9.17) is 15.2 Å². The summed E-state index contributed by atoms with van der Waals surface area (Å²) in [6, 6.07) is 5.70. The maximum absolute atomic E-state index is 5.68. The Kier molecular flexibility index (Phi) is 3.95. The molecule has 0 aliphatic rings.